The molecule has 1 aromatic rings. The van der Waals surface area contributed by atoms with Crippen LogP contribution in [0.1, 0.15) is 50.7 Å². The first-order valence-electron chi connectivity index (χ1n) is 6.16. The van der Waals surface area contributed by atoms with Gasteiger partial charge >= 0.3 is 5.97 Å². The summed E-state index contributed by atoms with van der Waals surface area (Å²) in [6.07, 6.45) is -1.86. The molecule has 2 nitrogen and oxygen atoms in total. The van der Waals surface area contributed by atoms with E-state index in [0.717, 1.165) is 11.1 Å². The van der Waals surface area contributed by atoms with Crippen LogP contribution in [0.4, 0.5) is 4.39 Å². The van der Waals surface area contributed by atoms with E-state index in [2.05, 4.69) is 6.92 Å². The molecule has 1 rings (SSSR count). The Labute approximate surface area is 108 Å². The number of rotatable bonds is 4. The summed E-state index contributed by atoms with van der Waals surface area (Å²) in [5, 5.41) is 0. The zero-order chi connectivity index (χ0) is 13.9. The van der Waals surface area contributed by atoms with Crippen LogP contribution < -0.4 is 4.74 Å². The first-order chi connectivity index (χ1) is 8.34. The van der Waals surface area contributed by atoms with Gasteiger partial charge in [-0.15, -0.1) is 0 Å². The Bertz CT molecular complexity index is 396. The standard InChI is InChI=1S/C15H20FO2/c1-9(2)12-7-6-8-13(10(3)4)14(12)18-15(17)11(5)16/h6-11H,5H2,1-4H3/t11-/m1/s1. The Morgan fingerprint density at radius 2 is 1.61 bits per heavy atom. The van der Waals surface area contributed by atoms with Crippen molar-refractivity contribution in [2.24, 2.45) is 0 Å². The van der Waals surface area contributed by atoms with Gasteiger partial charge in [0.2, 0.25) is 0 Å². The van der Waals surface area contributed by atoms with Gasteiger partial charge in [-0.1, -0.05) is 45.9 Å². The fourth-order valence-electron chi connectivity index (χ4n) is 1.77. The van der Waals surface area contributed by atoms with Crippen LogP contribution in [0.15, 0.2) is 18.2 Å². The monoisotopic (exact) mass is 251 g/mol. The van der Waals surface area contributed by atoms with Crippen molar-refractivity contribution in [2.45, 2.75) is 45.7 Å². The number of hydrogen-bond donors (Lipinski definition) is 0. The average Bonchev–Trinajstić information content (AvgIpc) is 2.28. The molecule has 0 saturated carbocycles. The molecular weight excluding hydrogens is 231 g/mol. The van der Waals surface area contributed by atoms with Gasteiger partial charge in [-0.05, 0) is 29.9 Å². The largest absolute Gasteiger partial charge is 0.424 e. The van der Waals surface area contributed by atoms with Crippen LogP contribution in [-0.2, 0) is 4.79 Å². The molecule has 1 atom stereocenters. The molecule has 0 aliphatic heterocycles. The summed E-state index contributed by atoms with van der Waals surface area (Å²) in [6.45, 7) is 11.1. The minimum atomic E-state index is -1.86. The lowest BCUT2D eigenvalue weighted by atomic mass is 9.94. The lowest BCUT2D eigenvalue weighted by molar-refractivity contribution is -0.138. The Hall–Kier alpha value is -1.38. The Morgan fingerprint density at radius 1 is 1.17 bits per heavy atom. The highest BCUT2D eigenvalue weighted by Gasteiger charge is 2.20. The van der Waals surface area contributed by atoms with Crippen LogP contribution in [0.3, 0.4) is 0 Å². The number of carbonyl (C=O) groups is 1. The van der Waals surface area contributed by atoms with Crippen LogP contribution in [0.25, 0.3) is 0 Å². The van der Waals surface area contributed by atoms with E-state index < -0.39 is 12.1 Å². The highest BCUT2D eigenvalue weighted by Crippen LogP contribution is 2.34. The zero-order valence-corrected chi connectivity index (χ0v) is 11.4. The van der Waals surface area contributed by atoms with Gasteiger partial charge in [0, 0.05) is 0 Å². The molecule has 1 aromatic carbocycles. The molecule has 0 heterocycles. The SMILES string of the molecule is [CH2][C@@H](F)C(=O)Oc1c(C(C)C)cccc1C(C)C. The number of ether oxygens (including phenoxy) is 1. The van der Waals surface area contributed by atoms with Gasteiger partial charge in [0.15, 0.2) is 6.17 Å². The first kappa shape index (κ1) is 14.7. The molecule has 0 aliphatic rings. The number of alkyl halides is 1. The predicted octanol–water partition coefficient (Wildman–Crippen LogP) is 4.01. The second-order valence-corrected chi connectivity index (χ2v) is 4.96. The average molecular weight is 251 g/mol. The molecule has 0 spiro atoms. The van der Waals surface area contributed by atoms with E-state index in [1.165, 1.54) is 0 Å². The summed E-state index contributed by atoms with van der Waals surface area (Å²) < 4.78 is 18.0. The van der Waals surface area contributed by atoms with Crippen molar-refractivity contribution < 1.29 is 13.9 Å². The smallest absolute Gasteiger partial charge is 0.346 e. The molecule has 0 N–H and O–H groups in total. The summed E-state index contributed by atoms with van der Waals surface area (Å²) >= 11 is 0. The van der Waals surface area contributed by atoms with Crippen LogP contribution in [0, 0.1) is 6.92 Å². The van der Waals surface area contributed by atoms with Gasteiger partial charge in [-0.3, -0.25) is 0 Å². The highest BCUT2D eigenvalue weighted by molar-refractivity contribution is 5.78. The number of para-hydroxylation sites is 1. The lowest BCUT2D eigenvalue weighted by Gasteiger charge is -2.19. The van der Waals surface area contributed by atoms with E-state index in [-0.39, 0.29) is 11.8 Å². The van der Waals surface area contributed by atoms with E-state index in [9.17, 15) is 9.18 Å². The summed E-state index contributed by atoms with van der Waals surface area (Å²) in [4.78, 5) is 11.4. The fraction of sp³-hybridized carbons (Fsp3) is 0.467. The van der Waals surface area contributed by atoms with E-state index in [1.807, 2.05) is 45.9 Å². The van der Waals surface area contributed by atoms with Crippen LogP contribution in [0.5, 0.6) is 5.75 Å². The quantitative estimate of drug-likeness (QED) is 0.597. The minimum absolute atomic E-state index is 0.203. The summed E-state index contributed by atoms with van der Waals surface area (Å²) in [7, 11) is 0. The maximum absolute atomic E-state index is 12.9. The third kappa shape index (κ3) is 3.31. The maximum Gasteiger partial charge on any atom is 0.346 e. The number of carbonyl (C=O) groups excluding carboxylic acids is 1. The molecule has 0 saturated heterocycles. The Kier molecular flexibility index (Phi) is 4.88. The van der Waals surface area contributed by atoms with Gasteiger partial charge in [0.25, 0.3) is 0 Å². The maximum atomic E-state index is 12.9. The summed E-state index contributed by atoms with van der Waals surface area (Å²) in [5.74, 6) is -0.0486. The molecule has 0 unspecified atom stereocenters. The summed E-state index contributed by atoms with van der Waals surface area (Å²) in [6, 6.07) is 5.73. The minimum Gasteiger partial charge on any atom is -0.424 e. The van der Waals surface area contributed by atoms with Gasteiger partial charge < -0.3 is 4.74 Å². The van der Waals surface area contributed by atoms with Gasteiger partial charge in [0.1, 0.15) is 5.75 Å². The molecule has 0 fully saturated rings. The zero-order valence-electron chi connectivity index (χ0n) is 11.4. The molecule has 0 bridgehead atoms. The number of hydrogen-bond acceptors (Lipinski definition) is 2. The number of halogens is 1. The molecule has 18 heavy (non-hydrogen) atoms. The van der Waals surface area contributed by atoms with E-state index in [0.29, 0.717) is 5.75 Å². The number of benzene rings is 1. The van der Waals surface area contributed by atoms with Crippen LogP contribution in [0.2, 0.25) is 0 Å². The van der Waals surface area contributed by atoms with Crippen molar-refractivity contribution in [1.29, 1.82) is 0 Å². The molecule has 99 valence electrons. The summed E-state index contributed by atoms with van der Waals surface area (Å²) in [5.41, 5.74) is 1.82. The van der Waals surface area contributed by atoms with Crippen LogP contribution >= 0.6 is 0 Å². The van der Waals surface area contributed by atoms with E-state index in [1.54, 1.807) is 0 Å². The molecule has 1 radical (unpaired) electrons. The number of esters is 1. The molecule has 3 heteroatoms. The van der Waals surface area contributed by atoms with Crippen LogP contribution in [-0.4, -0.2) is 12.1 Å². The predicted molar refractivity (Wildman–Crippen MR) is 70.5 cm³/mol. The van der Waals surface area contributed by atoms with Crippen molar-refractivity contribution in [1.82, 2.24) is 0 Å². The van der Waals surface area contributed by atoms with Crippen molar-refractivity contribution in [3.05, 3.63) is 36.2 Å². The second kappa shape index (κ2) is 5.98. The lowest BCUT2D eigenvalue weighted by Crippen LogP contribution is -2.20. The van der Waals surface area contributed by atoms with Crippen molar-refractivity contribution in [3.8, 4) is 5.75 Å². The normalized spacial score (nSPS) is 12.9. The topological polar surface area (TPSA) is 26.3 Å². The molecule has 0 amide bonds. The van der Waals surface area contributed by atoms with Crippen molar-refractivity contribution >= 4 is 5.97 Å². The van der Waals surface area contributed by atoms with Gasteiger partial charge in [0.05, 0.1) is 0 Å². The van der Waals surface area contributed by atoms with Crippen molar-refractivity contribution in [2.75, 3.05) is 0 Å². The van der Waals surface area contributed by atoms with E-state index in [4.69, 9.17) is 4.74 Å². The molecular formula is C15H20FO2. The van der Waals surface area contributed by atoms with E-state index >= 15 is 0 Å². The highest BCUT2D eigenvalue weighted by atomic mass is 19.1. The fourth-order valence-corrected chi connectivity index (χ4v) is 1.77. The first-order valence-corrected chi connectivity index (χ1v) is 6.16. The van der Waals surface area contributed by atoms with Gasteiger partial charge in [-0.25, -0.2) is 9.18 Å². The Morgan fingerprint density at radius 3 is 1.94 bits per heavy atom. The second-order valence-electron chi connectivity index (χ2n) is 4.96. The molecule has 0 aromatic heterocycles. The Balaban J connectivity index is 3.23. The third-order valence-electron chi connectivity index (χ3n) is 2.78. The van der Waals surface area contributed by atoms with Crippen molar-refractivity contribution in [3.63, 3.8) is 0 Å². The van der Waals surface area contributed by atoms with Gasteiger partial charge in [-0.2, -0.15) is 0 Å². The third-order valence-corrected chi connectivity index (χ3v) is 2.78. The molecule has 0 aliphatic carbocycles.